The van der Waals surface area contributed by atoms with E-state index in [9.17, 15) is 4.79 Å². The van der Waals surface area contributed by atoms with Gasteiger partial charge in [-0.05, 0) is 59.1 Å². The number of nitrogens with two attached hydrogens (primary N) is 1. The van der Waals surface area contributed by atoms with Crippen molar-refractivity contribution in [1.82, 2.24) is 0 Å². The fourth-order valence-corrected chi connectivity index (χ4v) is 2.31. The van der Waals surface area contributed by atoms with Gasteiger partial charge in [0.1, 0.15) is 0 Å². The lowest BCUT2D eigenvalue weighted by Crippen LogP contribution is -2.05. The fraction of sp³-hybridized carbons (Fsp3) is 0.133. The minimum absolute atomic E-state index is 0.108. The quantitative estimate of drug-likeness (QED) is 0.739. The lowest BCUT2D eigenvalue weighted by Gasteiger charge is -2.13. The topological polar surface area (TPSA) is 75.3 Å². The van der Waals surface area contributed by atoms with Gasteiger partial charge in [0.15, 0.2) is 0 Å². The summed E-state index contributed by atoms with van der Waals surface area (Å²) >= 11 is 3.51. The molecule has 0 heterocycles. The van der Waals surface area contributed by atoms with Crippen LogP contribution in [-0.2, 0) is 0 Å². The zero-order valence-electron chi connectivity index (χ0n) is 11.2. The maximum atomic E-state index is 11.2. The van der Waals surface area contributed by atoms with Gasteiger partial charge in [-0.25, -0.2) is 4.79 Å². The first kappa shape index (κ1) is 14.4. The molecule has 4 N–H and O–H groups in total. The Bertz CT molecular complexity index is 684. The largest absolute Gasteiger partial charge is 0.478 e. The van der Waals surface area contributed by atoms with Gasteiger partial charge < -0.3 is 16.2 Å². The summed E-state index contributed by atoms with van der Waals surface area (Å²) in [7, 11) is 0. The minimum atomic E-state index is -1.03. The Morgan fingerprint density at radius 2 is 1.95 bits per heavy atom. The molecule has 0 aliphatic carbocycles. The Kier molecular flexibility index (Phi) is 3.99. The molecule has 0 aliphatic heterocycles. The number of anilines is 3. The second-order valence-corrected chi connectivity index (χ2v) is 5.41. The highest BCUT2D eigenvalue weighted by atomic mass is 79.9. The monoisotopic (exact) mass is 334 g/mol. The summed E-state index contributed by atoms with van der Waals surface area (Å²) in [6.07, 6.45) is 0. The van der Waals surface area contributed by atoms with Crippen LogP contribution in [0.1, 0.15) is 21.5 Å². The second-order valence-electron chi connectivity index (χ2n) is 4.62. The number of nitrogens with one attached hydrogen (secondary N) is 1. The average Bonchev–Trinajstić information content (AvgIpc) is 2.38. The van der Waals surface area contributed by atoms with Crippen LogP contribution >= 0.6 is 15.9 Å². The molecule has 0 fully saturated rings. The number of carboxylic acid groups (broad SMARTS) is 1. The van der Waals surface area contributed by atoms with Gasteiger partial charge in [-0.3, -0.25) is 0 Å². The normalized spacial score (nSPS) is 10.3. The first-order chi connectivity index (χ1) is 9.40. The van der Waals surface area contributed by atoms with Gasteiger partial charge in [-0.15, -0.1) is 0 Å². The van der Waals surface area contributed by atoms with Crippen molar-refractivity contribution >= 4 is 39.0 Å². The summed E-state index contributed by atoms with van der Waals surface area (Å²) in [6.45, 7) is 3.78. The van der Waals surface area contributed by atoms with E-state index in [1.54, 1.807) is 13.0 Å². The maximum Gasteiger partial charge on any atom is 0.337 e. The Morgan fingerprint density at radius 1 is 1.25 bits per heavy atom. The van der Waals surface area contributed by atoms with Gasteiger partial charge >= 0.3 is 5.97 Å². The van der Waals surface area contributed by atoms with E-state index in [1.807, 2.05) is 31.2 Å². The number of halogens is 1. The van der Waals surface area contributed by atoms with Crippen LogP contribution in [0, 0.1) is 13.8 Å². The number of benzene rings is 2. The van der Waals surface area contributed by atoms with Crippen LogP contribution in [0.25, 0.3) is 0 Å². The van der Waals surface area contributed by atoms with Crippen LogP contribution in [0.5, 0.6) is 0 Å². The number of carbonyl (C=O) groups is 1. The first-order valence-electron chi connectivity index (χ1n) is 6.05. The highest BCUT2D eigenvalue weighted by Gasteiger charge is 2.12. The molecule has 2 rings (SSSR count). The summed E-state index contributed by atoms with van der Waals surface area (Å²) in [5.74, 6) is -1.03. The van der Waals surface area contributed by atoms with E-state index in [1.165, 1.54) is 0 Å². The van der Waals surface area contributed by atoms with E-state index in [2.05, 4.69) is 21.2 Å². The summed E-state index contributed by atoms with van der Waals surface area (Å²) in [5, 5.41) is 12.4. The molecule has 2 aromatic carbocycles. The Hall–Kier alpha value is -2.01. The molecule has 20 heavy (non-hydrogen) atoms. The van der Waals surface area contributed by atoms with Crippen molar-refractivity contribution in [2.75, 3.05) is 11.1 Å². The predicted octanol–water partition coefficient (Wildman–Crippen LogP) is 4.09. The molecule has 0 atom stereocenters. The van der Waals surface area contributed by atoms with Crippen LogP contribution in [0.2, 0.25) is 0 Å². The molecule has 2 aromatic rings. The number of hydrogen-bond acceptors (Lipinski definition) is 3. The number of hydrogen-bond donors (Lipinski definition) is 3. The van der Waals surface area contributed by atoms with Crippen LogP contribution in [-0.4, -0.2) is 11.1 Å². The SMILES string of the molecule is Cc1cc(Nc2cccc(C)c2Br)cc(C(=O)O)c1N. The standard InChI is InChI=1S/C15H15BrN2O2/c1-8-4-3-5-12(13(8)16)18-10-6-9(2)14(17)11(7-10)15(19)20/h3-7,18H,17H2,1-2H3,(H,19,20). The molecule has 0 radical (unpaired) electrons. The zero-order valence-corrected chi connectivity index (χ0v) is 12.8. The Labute approximate surface area is 125 Å². The van der Waals surface area contributed by atoms with E-state index in [-0.39, 0.29) is 5.56 Å². The van der Waals surface area contributed by atoms with Crippen LogP contribution in [0.4, 0.5) is 17.1 Å². The lowest BCUT2D eigenvalue weighted by atomic mass is 10.1. The van der Waals surface area contributed by atoms with Crippen LogP contribution < -0.4 is 11.1 Å². The summed E-state index contributed by atoms with van der Waals surface area (Å²) in [6, 6.07) is 9.22. The van der Waals surface area contributed by atoms with Gasteiger partial charge in [0.25, 0.3) is 0 Å². The molecule has 104 valence electrons. The van der Waals surface area contributed by atoms with Crippen molar-refractivity contribution in [3.8, 4) is 0 Å². The molecule has 0 bridgehead atoms. The van der Waals surface area contributed by atoms with Crippen molar-refractivity contribution in [2.45, 2.75) is 13.8 Å². The molecule has 0 aromatic heterocycles. The van der Waals surface area contributed by atoms with Crippen LogP contribution in [0.3, 0.4) is 0 Å². The third-order valence-electron chi connectivity index (χ3n) is 3.09. The number of aromatic carboxylic acids is 1. The van der Waals surface area contributed by atoms with Crippen LogP contribution in [0.15, 0.2) is 34.8 Å². The van der Waals surface area contributed by atoms with Crippen molar-refractivity contribution < 1.29 is 9.90 Å². The fourth-order valence-electron chi connectivity index (χ4n) is 1.95. The van der Waals surface area contributed by atoms with E-state index in [0.29, 0.717) is 11.4 Å². The lowest BCUT2D eigenvalue weighted by molar-refractivity contribution is 0.0698. The predicted molar refractivity (Wildman–Crippen MR) is 84.7 cm³/mol. The van der Waals surface area contributed by atoms with E-state index in [0.717, 1.165) is 21.3 Å². The molecule has 0 spiro atoms. The van der Waals surface area contributed by atoms with Crippen molar-refractivity contribution in [3.05, 3.63) is 51.5 Å². The number of rotatable bonds is 3. The molecule has 0 amide bonds. The highest BCUT2D eigenvalue weighted by molar-refractivity contribution is 9.10. The summed E-state index contributed by atoms with van der Waals surface area (Å²) in [5.41, 5.74) is 9.59. The van der Waals surface area contributed by atoms with Gasteiger partial charge in [-0.1, -0.05) is 12.1 Å². The zero-order chi connectivity index (χ0) is 14.9. The molecule has 4 nitrogen and oxygen atoms in total. The highest BCUT2D eigenvalue weighted by Crippen LogP contribution is 2.30. The molecular weight excluding hydrogens is 320 g/mol. The second kappa shape index (κ2) is 5.54. The first-order valence-corrected chi connectivity index (χ1v) is 6.85. The Balaban J connectivity index is 2.44. The third kappa shape index (κ3) is 2.77. The van der Waals surface area contributed by atoms with Crippen molar-refractivity contribution in [3.63, 3.8) is 0 Å². The van der Waals surface area contributed by atoms with Gasteiger partial charge in [0.2, 0.25) is 0 Å². The Morgan fingerprint density at radius 3 is 2.60 bits per heavy atom. The number of aryl methyl sites for hydroxylation is 2. The van der Waals surface area contributed by atoms with Crippen molar-refractivity contribution in [1.29, 1.82) is 0 Å². The van der Waals surface area contributed by atoms with Gasteiger partial charge in [0.05, 0.1) is 11.3 Å². The molecular formula is C15H15BrN2O2. The van der Waals surface area contributed by atoms with Gasteiger partial charge in [0, 0.05) is 15.8 Å². The van der Waals surface area contributed by atoms with E-state index >= 15 is 0 Å². The molecule has 0 unspecified atom stereocenters. The van der Waals surface area contributed by atoms with Crippen molar-refractivity contribution in [2.24, 2.45) is 0 Å². The van der Waals surface area contributed by atoms with E-state index in [4.69, 9.17) is 10.8 Å². The molecule has 0 saturated carbocycles. The average molecular weight is 335 g/mol. The molecule has 0 aliphatic rings. The minimum Gasteiger partial charge on any atom is -0.478 e. The van der Waals surface area contributed by atoms with Gasteiger partial charge in [-0.2, -0.15) is 0 Å². The number of nitrogen functional groups attached to an aromatic ring is 1. The summed E-state index contributed by atoms with van der Waals surface area (Å²) in [4.78, 5) is 11.2. The summed E-state index contributed by atoms with van der Waals surface area (Å²) < 4.78 is 0.950. The van der Waals surface area contributed by atoms with E-state index < -0.39 is 5.97 Å². The maximum absolute atomic E-state index is 11.2. The number of carboxylic acids is 1. The molecule has 5 heteroatoms. The third-order valence-corrected chi connectivity index (χ3v) is 4.14. The molecule has 0 saturated heterocycles. The smallest absolute Gasteiger partial charge is 0.337 e.